The first kappa shape index (κ1) is 18.2. The number of H-pyrrole nitrogens is 1. The Morgan fingerprint density at radius 1 is 1.14 bits per heavy atom. The van der Waals surface area contributed by atoms with Gasteiger partial charge in [0.1, 0.15) is 5.82 Å². The van der Waals surface area contributed by atoms with E-state index in [0.717, 1.165) is 17.7 Å². The molecule has 0 fully saturated rings. The largest absolute Gasteiger partial charge is 0.309 e. The number of anilines is 1. The highest BCUT2D eigenvalue weighted by Crippen LogP contribution is 2.32. The van der Waals surface area contributed by atoms with Gasteiger partial charge in [-0.15, -0.1) is 0 Å². The maximum Gasteiger partial charge on any atom is 0.254 e. The molecule has 3 aromatic rings. The number of nitrogens with zero attached hydrogens (tertiary/aromatic N) is 2. The number of benzene rings is 2. The van der Waals surface area contributed by atoms with Crippen LogP contribution in [0.15, 0.2) is 59.4 Å². The lowest BCUT2D eigenvalue weighted by atomic mass is 10.1. The SMILES string of the molecule is Cc1nc(-c2ccccc2)[nH]c(=O)c1CCC(=O)N1c2ccccc2C[C@@H]1C. The first-order valence-corrected chi connectivity index (χ1v) is 9.60. The number of para-hydroxylation sites is 1. The molecule has 0 saturated heterocycles. The Morgan fingerprint density at radius 3 is 2.61 bits per heavy atom. The van der Waals surface area contributed by atoms with E-state index in [4.69, 9.17) is 0 Å². The maximum atomic E-state index is 12.9. The summed E-state index contributed by atoms with van der Waals surface area (Å²) in [6.45, 7) is 3.89. The molecular formula is C23H23N3O2. The third-order valence-corrected chi connectivity index (χ3v) is 5.33. The lowest BCUT2D eigenvalue weighted by Gasteiger charge is -2.22. The van der Waals surface area contributed by atoms with Gasteiger partial charge in [-0.1, -0.05) is 48.5 Å². The summed E-state index contributed by atoms with van der Waals surface area (Å²) in [6.07, 6.45) is 1.54. The van der Waals surface area contributed by atoms with Gasteiger partial charge in [-0.3, -0.25) is 9.59 Å². The van der Waals surface area contributed by atoms with Gasteiger partial charge in [-0.05, 0) is 38.3 Å². The van der Waals surface area contributed by atoms with Crippen LogP contribution in [0.4, 0.5) is 5.69 Å². The van der Waals surface area contributed by atoms with Gasteiger partial charge < -0.3 is 9.88 Å². The zero-order valence-corrected chi connectivity index (χ0v) is 16.1. The number of fused-ring (bicyclic) bond motifs is 1. The van der Waals surface area contributed by atoms with Crippen LogP contribution < -0.4 is 10.5 Å². The van der Waals surface area contributed by atoms with Gasteiger partial charge in [0.2, 0.25) is 5.91 Å². The summed E-state index contributed by atoms with van der Waals surface area (Å²) in [5, 5.41) is 0. The average Bonchev–Trinajstić information content (AvgIpc) is 3.03. The van der Waals surface area contributed by atoms with Crippen LogP contribution in [0, 0.1) is 6.92 Å². The monoisotopic (exact) mass is 373 g/mol. The van der Waals surface area contributed by atoms with Crippen molar-refractivity contribution in [2.24, 2.45) is 0 Å². The van der Waals surface area contributed by atoms with Crippen LogP contribution in [-0.2, 0) is 17.6 Å². The minimum atomic E-state index is -0.172. The Labute approximate surface area is 164 Å². The number of hydrogen-bond donors (Lipinski definition) is 1. The molecule has 0 unspecified atom stereocenters. The topological polar surface area (TPSA) is 66.1 Å². The van der Waals surface area contributed by atoms with E-state index in [1.807, 2.05) is 60.4 Å². The molecule has 1 aromatic heterocycles. The number of carbonyl (C=O) groups is 1. The van der Waals surface area contributed by atoms with E-state index in [1.165, 1.54) is 5.56 Å². The Balaban J connectivity index is 1.53. The molecule has 1 aliphatic heterocycles. The van der Waals surface area contributed by atoms with Crippen molar-refractivity contribution in [3.05, 3.63) is 81.8 Å². The molecule has 0 saturated carbocycles. The zero-order valence-electron chi connectivity index (χ0n) is 16.1. The smallest absolute Gasteiger partial charge is 0.254 e. The van der Waals surface area contributed by atoms with Gasteiger partial charge in [0, 0.05) is 35.0 Å². The standard InChI is InChI=1S/C23H23N3O2/c1-15-14-18-10-6-7-11-20(18)26(15)21(27)13-12-19-16(2)24-22(25-23(19)28)17-8-4-3-5-9-17/h3-11,15H,12-14H2,1-2H3,(H,24,25,28)/t15-/m0/s1. The Hall–Kier alpha value is -3.21. The summed E-state index contributed by atoms with van der Waals surface area (Å²) in [6, 6.07) is 17.7. The molecule has 1 N–H and O–H groups in total. The van der Waals surface area contributed by atoms with Crippen LogP contribution in [0.5, 0.6) is 0 Å². The van der Waals surface area contributed by atoms with Crippen molar-refractivity contribution >= 4 is 11.6 Å². The van der Waals surface area contributed by atoms with Crippen molar-refractivity contribution in [3.8, 4) is 11.4 Å². The number of amides is 1. The van der Waals surface area contributed by atoms with Crippen molar-refractivity contribution in [1.29, 1.82) is 0 Å². The van der Waals surface area contributed by atoms with Crippen molar-refractivity contribution in [2.45, 2.75) is 39.2 Å². The van der Waals surface area contributed by atoms with Gasteiger partial charge >= 0.3 is 0 Å². The van der Waals surface area contributed by atoms with Crippen LogP contribution in [0.1, 0.15) is 30.2 Å². The summed E-state index contributed by atoms with van der Waals surface area (Å²) in [5.41, 5.74) is 4.13. The second-order valence-corrected chi connectivity index (χ2v) is 7.29. The zero-order chi connectivity index (χ0) is 19.7. The van der Waals surface area contributed by atoms with E-state index in [9.17, 15) is 9.59 Å². The number of rotatable bonds is 4. The number of carbonyl (C=O) groups excluding carboxylic acids is 1. The van der Waals surface area contributed by atoms with Crippen LogP contribution in [0.2, 0.25) is 0 Å². The summed E-state index contributed by atoms with van der Waals surface area (Å²) < 4.78 is 0. The highest BCUT2D eigenvalue weighted by Gasteiger charge is 2.30. The highest BCUT2D eigenvalue weighted by atomic mass is 16.2. The first-order valence-electron chi connectivity index (χ1n) is 9.60. The number of hydrogen-bond acceptors (Lipinski definition) is 3. The van der Waals surface area contributed by atoms with Crippen LogP contribution >= 0.6 is 0 Å². The fraction of sp³-hybridized carbons (Fsp3) is 0.261. The predicted octanol–water partition coefficient (Wildman–Crippen LogP) is 3.66. The number of nitrogens with one attached hydrogen (secondary N) is 1. The lowest BCUT2D eigenvalue weighted by molar-refractivity contribution is -0.118. The third kappa shape index (κ3) is 3.36. The molecule has 4 rings (SSSR count). The quantitative estimate of drug-likeness (QED) is 0.759. The van der Waals surface area contributed by atoms with Crippen LogP contribution in [0.25, 0.3) is 11.4 Å². The molecule has 5 heteroatoms. The molecule has 0 bridgehead atoms. The Bertz CT molecular complexity index is 1070. The minimum absolute atomic E-state index is 0.0448. The van der Waals surface area contributed by atoms with Gasteiger partial charge in [0.05, 0.1) is 0 Å². The summed E-state index contributed by atoms with van der Waals surface area (Å²) in [7, 11) is 0. The molecule has 0 radical (unpaired) electrons. The van der Waals surface area contributed by atoms with E-state index in [1.54, 1.807) is 0 Å². The molecule has 28 heavy (non-hydrogen) atoms. The van der Waals surface area contributed by atoms with Gasteiger partial charge in [-0.25, -0.2) is 4.98 Å². The normalized spacial score (nSPS) is 15.5. The molecule has 5 nitrogen and oxygen atoms in total. The fourth-order valence-corrected chi connectivity index (χ4v) is 3.94. The summed E-state index contributed by atoms with van der Waals surface area (Å²) >= 11 is 0. The van der Waals surface area contributed by atoms with Crippen molar-refractivity contribution in [2.75, 3.05) is 4.90 Å². The van der Waals surface area contributed by atoms with Gasteiger partial charge in [0.25, 0.3) is 5.56 Å². The van der Waals surface area contributed by atoms with E-state index in [-0.39, 0.29) is 23.9 Å². The molecule has 1 atom stereocenters. The Morgan fingerprint density at radius 2 is 1.86 bits per heavy atom. The van der Waals surface area contributed by atoms with Gasteiger partial charge in [0.15, 0.2) is 0 Å². The molecule has 2 aromatic carbocycles. The molecule has 0 aliphatic carbocycles. The lowest BCUT2D eigenvalue weighted by Crippen LogP contribution is -2.36. The Kier molecular flexibility index (Phi) is 4.82. The van der Waals surface area contributed by atoms with Crippen LogP contribution in [-0.4, -0.2) is 21.9 Å². The maximum absolute atomic E-state index is 12.9. The molecule has 142 valence electrons. The van der Waals surface area contributed by atoms with E-state index >= 15 is 0 Å². The number of aromatic nitrogens is 2. The van der Waals surface area contributed by atoms with E-state index in [2.05, 4.69) is 23.0 Å². The second-order valence-electron chi connectivity index (χ2n) is 7.29. The number of aryl methyl sites for hydroxylation is 1. The molecule has 0 spiro atoms. The summed E-state index contributed by atoms with van der Waals surface area (Å²) in [5.74, 6) is 0.601. The van der Waals surface area contributed by atoms with Crippen LogP contribution in [0.3, 0.4) is 0 Å². The molecule has 2 heterocycles. The van der Waals surface area contributed by atoms with E-state index < -0.39 is 0 Å². The minimum Gasteiger partial charge on any atom is -0.309 e. The number of aromatic amines is 1. The third-order valence-electron chi connectivity index (χ3n) is 5.33. The fourth-order valence-electron chi connectivity index (χ4n) is 3.94. The summed E-state index contributed by atoms with van der Waals surface area (Å²) in [4.78, 5) is 34.8. The van der Waals surface area contributed by atoms with Crippen molar-refractivity contribution in [1.82, 2.24) is 9.97 Å². The van der Waals surface area contributed by atoms with Gasteiger partial charge in [-0.2, -0.15) is 0 Å². The van der Waals surface area contributed by atoms with Crippen molar-refractivity contribution in [3.63, 3.8) is 0 Å². The molecule has 1 amide bonds. The predicted molar refractivity (Wildman–Crippen MR) is 110 cm³/mol. The molecule has 1 aliphatic rings. The first-order chi connectivity index (χ1) is 13.5. The van der Waals surface area contributed by atoms with E-state index in [0.29, 0.717) is 23.5 Å². The molecular weight excluding hydrogens is 350 g/mol. The second kappa shape index (κ2) is 7.43. The highest BCUT2D eigenvalue weighted by molar-refractivity contribution is 5.96. The van der Waals surface area contributed by atoms with Crippen molar-refractivity contribution < 1.29 is 4.79 Å². The average molecular weight is 373 g/mol.